The quantitative estimate of drug-likeness (QED) is 0.864. The van der Waals surface area contributed by atoms with E-state index in [1.54, 1.807) is 18.3 Å². The molecule has 0 saturated carbocycles. The molecular weight excluding hydrogens is 228 g/mol. The van der Waals surface area contributed by atoms with Gasteiger partial charge in [-0.15, -0.1) is 0 Å². The smallest absolute Gasteiger partial charge is 0.129 e. The summed E-state index contributed by atoms with van der Waals surface area (Å²) < 4.78 is 5.50. The maximum atomic E-state index is 10.4. The Morgan fingerprint density at radius 2 is 1.94 bits per heavy atom. The number of rotatable bonds is 4. The lowest BCUT2D eigenvalue weighted by molar-refractivity contribution is 0.212. The number of aliphatic hydroxyl groups excluding tert-OH is 1. The Labute approximate surface area is 106 Å². The summed E-state index contributed by atoms with van der Waals surface area (Å²) in [5, 5.41) is 10.4. The molecular formula is C14H16N2O2. The molecule has 3 N–H and O–H groups in total. The van der Waals surface area contributed by atoms with Gasteiger partial charge in [0, 0.05) is 17.3 Å². The number of ether oxygens (including phenoxy) is 1. The molecule has 0 saturated heterocycles. The number of aromatic nitrogens is 1. The third kappa shape index (κ3) is 2.43. The molecule has 1 heterocycles. The molecule has 94 valence electrons. The highest BCUT2D eigenvalue weighted by atomic mass is 16.5. The first-order chi connectivity index (χ1) is 8.74. The van der Waals surface area contributed by atoms with E-state index < -0.39 is 6.10 Å². The average molecular weight is 244 g/mol. The van der Waals surface area contributed by atoms with Gasteiger partial charge in [-0.2, -0.15) is 0 Å². The van der Waals surface area contributed by atoms with E-state index >= 15 is 0 Å². The van der Waals surface area contributed by atoms with Crippen molar-refractivity contribution >= 4 is 5.82 Å². The third-order valence-corrected chi connectivity index (χ3v) is 2.68. The predicted octanol–water partition coefficient (Wildman–Crippen LogP) is 2.14. The Kier molecular flexibility index (Phi) is 3.79. The molecule has 0 fully saturated rings. The van der Waals surface area contributed by atoms with Gasteiger partial charge in [-0.05, 0) is 19.1 Å². The highest BCUT2D eigenvalue weighted by Gasteiger charge is 2.17. The van der Waals surface area contributed by atoms with Crippen LogP contribution < -0.4 is 10.5 Å². The van der Waals surface area contributed by atoms with Crippen molar-refractivity contribution in [3.63, 3.8) is 0 Å². The monoisotopic (exact) mass is 244 g/mol. The number of nitrogens with two attached hydrogens (primary N) is 1. The van der Waals surface area contributed by atoms with Crippen LogP contribution in [-0.2, 0) is 0 Å². The summed E-state index contributed by atoms with van der Waals surface area (Å²) in [6.45, 7) is 2.45. The Morgan fingerprint density at radius 1 is 1.22 bits per heavy atom. The van der Waals surface area contributed by atoms with E-state index in [1.807, 2.05) is 31.2 Å². The Bertz CT molecular complexity index is 529. The molecule has 0 amide bonds. The second-order valence-electron chi connectivity index (χ2n) is 3.85. The number of aliphatic hydroxyl groups is 1. The van der Waals surface area contributed by atoms with Crippen molar-refractivity contribution in [3.05, 3.63) is 53.7 Å². The van der Waals surface area contributed by atoms with Crippen LogP contribution in [0.25, 0.3) is 0 Å². The zero-order valence-corrected chi connectivity index (χ0v) is 10.2. The van der Waals surface area contributed by atoms with Crippen molar-refractivity contribution in [2.24, 2.45) is 0 Å². The highest BCUT2D eigenvalue weighted by molar-refractivity contribution is 5.47. The minimum atomic E-state index is -0.832. The largest absolute Gasteiger partial charge is 0.493 e. The minimum Gasteiger partial charge on any atom is -0.493 e. The minimum absolute atomic E-state index is 0.330. The fourth-order valence-corrected chi connectivity index (χ4v) is 1.82. The molecule has 0 aliphatic rings. The summed E-state index contributed by atoms with van der Waals surface area (Å²) >= 11 is 0. The molecule has 4 nitrogen and oxygen atoms in total. The van der Waals surface area contributed by atoms with Crippen LogP contribution in [0.15, 0.2) is 42.6 Å². The molecule has 0 radical (unpaired) electrons. The standard InChI is InChI=1S/C14H16N2O2/c1-2-18-12-8-4-3-6-10(12)13(17)11-7-5-9-16-14(11)15/h3-9,13,17H,2H2,1H3,(H2,15,16). The first kappa shape index (κ1) is 12.4. The van der Waals surface area contributed by atoms with Gasteiger partial charge in [0.15, 0.2) is 0 Å². The van der Waals surface area contributed by atoms with Crippen LogP contribution in [0, 0.1) is 0 Å². The molecule has 1 atom stereocenters. The van der Waals surface area contributed by atoms with Gasteiger partial charge in [0.2, 0.25) is 0 Å². The van der Waals surface area contributed by atoms with E-state index in [1.165, 1.54) is 0 Å². The van der Waals surface area contributed by atoms with Gasteiger partial charge in [0.1, 0.15) is 17.7 Å². The third-order valence-electron chi connectivity index (χ3n) is 2.68. The van der Waals surface area contributed by atoms with Gasteiger partial charge < -0.3 is 15.6 Å². The summed E-state index contributed by atoms with van der Waals surface area (Å²) in [4.78, 5) is 3.98. The molecule has 2 rings (SSSR count). The summed E-state index contributed by atoms with van der Waals surface area (Å²) in [7, 11) is 0. The normalized spacial score (nSPS) is 12.1. The van der Waals surface area contributed by atoms with Crippen LogP contribution >= 0.6 is 0 Å². The second kappa shape index (κ2) is 5.51. The molecule has 0 spiro atoms. The second-order valence-corrected chi connectivity index (χ2v) is 3.85. The number of para-hydroxylation sites is 1. The molecule has 1 aromatic heterocycles. The first-order valence-corrected chi connectivity index (χ1v) is 5.84. The SMILES string of the molecule is CCOc1ccccc1C(O)c1cccnc1N. The van der Waals surface area contributed by atoms with Gasteiger partial charge in [-0.3, -0.25) is 0 Å². The summed E-state index contributed by atoms with van der Waals surface area (Å²) in [5.41, 5.74) is 7.05. The fourth-order valence-electron chi connectivity index (χ4n) is 1.82. The van der Waals surface area contributed by atoms with Gasteiger partial charge in [0.25, 0.3) is 0 Å². The number of benzene rings is 1. The zero-order chi connectivity index (χ0) is 13.0. The molecule has 18 heavy (non-hydrogen) atoms. The molecule has 0 aliphatic carbocycles. The zero-order valence-electron chi connectivity index (χ0n) is 10.2. The maximum absolute atomic E-state index is 10.4. The lowest BCUT2D eigenvalue weighted by atomic mass is 10.0. The summed E-state index contributed by atoms with van der Waals surface area (Å²) in [5.74, 6) is 0.993. The van der Waals surface area contributed by atoms with Crippen LogP contribution in [0.2, 0.25) is 0 Å². The molecule has 0 bridgehead atoms. The van der Waals surface area contributed by atoms with E-state index in [9.17, 15) is 5.11 Å². The first-order valence-electron chi connectivity index (χ1n) is 5.84. The molecule has 4 heteroatoms. The molecule has 2 aromatic rings. The van der Waals surface area contributed by atoms with Crippen LogP contribution in [0.5, 0.6) is 5.75 Å². The van der Waals surface area contributed by atoms with Crippen LogP contribution in [0.4, 0.5) is 5.82 Å². The van der Waals surface area contributed by atoms with Gasteiger partial charge >= 0.3 is 0 Å². The lowest BCUT2D eigenvalue weighted by Crippen LogP contribution is -2.07. The highest BCUT2D eigenvalue weighted by Crippen LogP contribution is 2.31. The van der Waals surface area contributed by atoms with E-state index in [2.05, 4.69) is 4.98 Å². The number of nitrogen functional groups attached to an aromatic ring is 1. The Hall–Kier alpha value is -2.07. The predicted molar refractivity (Wildman–Crippen MR) is 70.3 cm³/mol. The number of nitrogens with zero attached hydrogens (tertiary/aromatic N) is 1. The van der Waals surface area contributed by atoms with E-state index in [4.69, 9.17) is 10.5 Å². The Balaban J connectivity index is 2.40. The van der Waals surface area contributed by atoms with Crippen molar-refractivity contribution < 1.29 is 9.84 Å². The summed E-state index contributed by atoms with van der Waals surface area (Å²) in [6, 6.07) is 10.9. The number of anilines is 1. The van der Waals surface area contributed by atoms with Crippen LogP contribution in [0.1, 0.15) is 24.2 Å². The van der Waals surface area contributed by atoms with Gasteiger partial charge in [-0.25, -0.2) is 4.98 Å². The summed E-state index contributed by atoms with van der Waals surface area (Å²) in [6.07, 6.45) is 0.765. The van der Waals surface area contributed by atoms with E-state index in [0.717, 1.165) is 0 Å². The van der Waals surface area contributed by atoms with Crippen molar-refractivity contribution in [2.75, 3.05) is 12.3 Å². The van der Waals surface area contributed by atoms with Crippen molar-refractivity contribution in [2.45, 2.75) is 13.0 Å². The maximum Gasteiger partial charge on any atom is 0.129 e. The van der Waals surface area contributed by atoms with Crippen LogP contribution in [0.3, 0.4) is 0 Å². The van der Waals surface area contributed by atoms with E-state index in [-0.39, 0.29) is 0 Å². The number of hydrogen-bond donors (Lipinski definition) is 2. The van der Waals surface area contributed by atoms with E-state index in [0.29, 0.717) is 29.3 Å². The van der Waals surface area contributed by atoms with Crippen molar-refractivity contribution in [3.8, 4) is 5.75 Å². The fraction of sp³-hybridized carbons (Fsp3) is 0.214. The van der Waals surface area contributed by atoms with Crippen molar-refractivity contribution in [1.29, 1.82) is 0 Å². The van der Waals surface area contributed by atoms with Gasteiger partial charge in [0.05, 0.1) is 6.61 Å². The number of pyridine rings is 1. The Morgan fingerprint density at radius 3 is 2.67 bits per heavy atom. The van der Waals surface area contributed by atoms with Crippen LogP contribution in [-0.4, -0.2) is 16.7 Å². The number of hydrogen-bond acceptors (Lipinski definition) is 4. The molecule has 1 aromatic carbocycles. The van der Waals surface area contributed by atoms with Crippen molar-refractivity contribution in [1.82, 2.24) is 4.98 Å². The lowest BCUT2D eigenvalue weighted by Gasteiger charge is -2.16. The molecule has 0 aliphatic heterocycles. The topological polar surface area (TPSA) is 68.4 Å². The average Bonchev–Trinajstić information content (AvgIpc) is 2.40. The van der Waals surface area contributed by atoms with Gasteiger partial charge in [-0.1, -0.05) is 24.3 Å². The molecule has 1 unspecified atom stereocenters.